The summed E-state index contributed by atoms with van der Waals surface area (Å²) in [6.07, 6.45) is 3.54. The molecule has 4 rings (SSSR count). The Hall–Kier alpha value is -2.69. The molecule has 0 atom stereocenters. The number of pyridine rings is 1. The van der Waals surface area contributed by atoms with Gasteiger partial charge in [-0.1, -0.05) is 19.9 Å². The average Bonchev–Trinajstić information content (AvgIpc) is 2.56. The second kappa shape index (κ2) is 5.44. The Bertz CT molecular complexity index is 962. The Balaban J connectivity index is 1.77. The molecule has 0 spiro atoms. The molecule has 3 aromatic rings. The zero-order valence-corrected chi connectivity index (χ0v) is 13.8. The summed E-state index contributed by atoms with van der Waals surface area (Å²) in [7, 11) is 0. The number of hydrogen-bond donors (Lipinski definition) is 0. The molecule has 5 heteroatoms. The van der Waals surface area contributed by atoms with Crippen LogP contribution in [0, 0.1) is 5.41 Å². The molecular weight excluding hydrogens is 302 g/mol. The second-order valence-corrected chi connectivity index (χ2v) is 7.03. The summed E-state index contributed by atoms with van der Waals surface area (Å²) in [5.74, 6) is 2.02. The van der Waals surface area contributed by atoms with E-state index in [0.29, 0.717) is 22.5 Å². The normalized spacial score (nSPS) is 15.9. The monoisotopic (exact) mass is 321 g/mol. The zero-order chi connectivity index (χ0) is 16.7. The molecule has 2 aromatic heterocycles. The molecule has 0 amide bonds. The lowest BCUT2D eigenvalue weighted by molar-refractivity contribution is 0.240. The van der Waals surface area contributed by atoms with Crippen LogP contribution in [0.1, 0.15) is 26.1 Å². The van der Waals surface area contributed by atoms with E-state index in [9.17, 15) is 4.79 Å². The Labute approximate surface area is 139 Å². The summed E-state index contributed by atoms with van der Waals surface area (Å²) in [6.45, 7) is 5.10. The standard InChI is InChI=1S/C19H19N3O2/c1-19(2)9-8-16-21-15-11-13(24-17-5-3-4-10-20-17)6-7-14(15)18(23)22(16)12-19/h3-7,10-11H,8-9,12H2,1-2H3. The van der Waals surface area contributed by atoms with Crippen molar-refractivity contribution in [3.05, 3.63) is 58.8 Å². The van der Waals surface area contributed by atoms with E-state index in [0.717, 1.165) is 25.2 Å². The minimum atomic E-state index is 0.0344. The van der Waals surface area contributed by atoms with Crippen LogP contribution in [0.25, 0.3) is 10.9 Å². The van der Waals surface area contributed by atoms with Crippen LogP contribution >= 0.6 is 0 Å². The predicted molar refractivity (Wildman–Crippen MR) is 92.4 cm³/mol. The van der Waals surface area contributed by atoms with Crippen molar-refractivity contribution in [2.75, 3.05) is 0 Å². The summed E-state index contributed by atoms with van der Waals surface area (Å²) in [6, 6.07) is 10.9. The fraction of sp³-hybridized carbons (Fsp3) is 0.316. The van der Waals surface area contributed by atoms with Crippen molar-refractivity contribution >= 4 is 10.9 Å². The molecule has 0 unspecified atom stereocenters. The second-order valence-electron chi connectivity index (χ2n) is 7.03. The van der Waals surface area contributed by atoms with Gasteiger partial charge in [0.25, 0.3) is 5.56 Å². The Morgan fingerprint density at radius 3 is 2.88 bits per heavy atom. The van der Waals surface area contributed by atoms with Crippen LogP contribution < -0.4 is 10.3 Å². The molecular formula is C19H19N3O2. The molecule has 122 valence electrons. The van der Waals surface area contributed by atoms with Gasteiger partial charge in [0.05, 0.1) is 10.9 Å². The molecule has 0 radical (unpaired) electrons. The van der Waals surface area contributed by atoms with Crippen molar-refractivity contribution in [3.8, 4) is 11.6 Å². The highest BCUT2D eigenvalue weighted by Crippen LogP contribution is 2.30. The van der Waals surface area contributed by atoms with Gasteiger partial charge in [-0.15, -0.1) is 0 Å². The lowest BCUT2D eigenvalue weighted by Gasteiger charge is -2.31. The van der Waals surface area contributed by atoms with Gasteiger partial charge in [-0.25, -0.2) is 9.97 Å². The van der Waals surface area contributed by atoms with Crippen molar-refractivity contribution < 1.29 is 4.74 Å². The van der Waals surface area contributed by atoms with Crippen LogP contribution in [0.4, 0.5) is 0 Å². The summed E-state index contributed by atoms with van der Waals surface area (Å²) < 4.78 is 7.57. The van der Waals surface area contributed by atoms with E-state index in [1.807, 2.05) is 22.8 Å². The average molecular weight is 321 g/mol. The topological polar surface area (TPSA) is 57.0 Å². The number of fused-ring (bicyclic) bond motifs is 2. The van der Waals surface area contributed by atoms with Gasteiger partial charge in [0.15, 0.2) is 0 Å². The van der Waals surface area contributed by atoms with Gasteiger partial charge in [0.1, 0.15) is 11.6 Å². The first-order valence-corrected chi connectivity index (χ1v) is 8.14. The van der Waals surface area contributed by atoms with Gasteiger partial charge in [-0.05, 0) is 30.0 Å². The van der Waals surface area contributed by atoms with E-state index in [-0.39, 0.29) is 11.0 Å². The van der Waals surface area contributed by atoms with Crippen LogP contribution in [0.3, 0.4) is 0 Å². The molecule has 1 aliphatic rings. The molecule has 24 heavy (non-hydrogen) atoms. The van der Waals surface area contributed by atoms with E-state index in [2.05, 4.69) is 18.8 Å². The third-order valence-corrected chi connectivity index (χ3v) is 4.48. The number of aryl methyl sites for hydroxylation is 1. The molecule has 1 aliphatic heterocycles. The number of nitrogens with zero attached hydrogens (tertiary/aromatic N) is 3. The smallest absolute Gasteiger partial charge is 0.261 e. The summed E-state index contributed by atoms with van der Waals surface area (Å²) in [4.78, 5) is 21.7. The van der Waals surface area contributed by atoms with Crippen LogP contribution in [-0.4, -0.2) is 14.5 Å². The first-order valence-electron chi connectivity index (χ1n) is 8.14. The van der Waals surface area contributed by atoms with Crippen LogP contribution in [0.2, 0.25) is 0 Å². The van der Waals surface area contributed by atoms with E-state index in [1.165, 1.54) is 0 Å². The number of hydrogen-bond acceptors (Lipinski definition) is 4. The maximum absolute atomic E-state index is 12.8. The van der Waals surface area contributed by atoms with Crippen molar-refractivity contribution in [2.45, 2.75) is 33.2 Å². The molecule has 0 fully saturated rings. The van der Waals surface area contributed by atoms with Crippen molar-refractivity contribution in [1.29, 1.82) is 0 Å². The molecule has 5 nitrogen and oxygen atoms in total. The SMILES string of the molecule is CC1(C)CCc2nc3cc(Oc4ccccn4)ccc3c(=O)n2C1. The molecule has 3 heterocycles. The van der Waals surface area contributed by atoms with E-state index >= 15 is 0 Å². The third kappa shape index (κ3) is 2.66. The highest BCUT2D eigenvalue weighted by molar-refractivity contribution is 5.79. The van der Waals surface area contributed by atoms with Gasteiger partial charge in [-0.3, -0.25) is 9.36 Å². The maximum atomic E-state index is 12.8. The third-order valence-electron chi connectivity index (χ3n) is 4.48. The van der Waals surface area contributed by atoms with E-state index < -0.39 is 0 Å². The van der Waals surface area contributed by atoms with Gasteiger partial charge in [0, 0.05) is 31.3 Å². The quantitative estimate of drug-likeness (QED) is 0.724. The van der Waals surface area contributed by atoms with E-state index in [4.69, 9.17) is 9.72 Å². The number of rotatable bonds is 2. The van der Waals surface area contributed by atoms with Crippen LogP contribution in [0.5, 0.6) is 11.6 Å². The number of ether oxygens (including phenoxy) is 1. The first kappa shape index (κ1) is 14.9. The highest BCUT2D eigenvalue weighted by Gasteiger charge is 2.27. The largest absolute Gasteiger partial charge is 0.439 e. The fourth-order valence-corrected chi connectivity index (χ4v) is 3.15. The van der Waals surface area contributed by atoms with Gasteiger partial charge in [-0.2, -0.15) is 0 Å². The van der Waals surface area contributed by atoms with Crippen molar-refractivity contribution in [1.82, 2.24) is 14.5 Å². The zero-order valence-electron chi connectivity index (χ0n) is 13.8. The lowest BCUT2D eigenvalue weighted by Crippen LogP contribution is -2.36. The Kier molecular flexibility index (Phi) is 3.37. The van der Waals surface area contributed by atoms with Gasteiger partial charge in [0.2, 0.25) is 5.88 Å². The summed E-state index contributed by atoms with van der Waals surface area (Å²) >= 11 is 0. The molecule has 0 bridgehead atoms. The Morgan fingerprint density at radius 2 is 2.08 bits per heavy atom. The van der Waals surface area contributed by atoms with Crippen LogP contribution in [0.15, 0.2) is 47.4 Å². The van der Waals surface area contributed by atoms with Gasteiger partial charge < -0.3 is 4.74 Å². The summed E-state index contributed by atoms with van der Waals surface area (Å²) in [5, 5.41) is 0.629. The maximum Gasteiger partial charge on any atom is 0.261 e. The van der Waals surface area contributed by atoms with Crippen LogP contribution in [-0.2, 0) is 13.0 Å². The van der Waals surface area contributed by atoms with Crippen molar-refractivity contribution in [2.24, 2.45) is 5.41 Å². The Morgan fingerprint density at radius 1 is 1.21 bits per heavy atom. The minimum Gasteiger partial charge on any atom is -0.439 e. The number of aromatic nitrogens is 3. The van der Waals surface area contributed by atoms with E-state index in [1.54, 1.807) is 24.4 Å². The molecule has 1 aromatic carbocycles. The highest BCUT2D eigenvalue weighted by atomic mass is 16.5. The van der Waals surface area contributed by atoms with Crippen molar-refractivity contribution in [3.63, 3.8) is 0 Å². The van der Waals surface area contributed by atoms with Gasteiger partial charge >= 0.3 is 0 Å². The summed E-state index contributed by atoms with van der Waals surface area (Å²) in [5.41, 5.74) is 0.848. The first-order chi connectivity index (χ1) is 11.5. The molecule has 0 saturated heterocycles. The predicted octanol–water partition coefficient (Wildman–Crippen LogP) is 3.56. The number of benzene rings is 1. The lowest BCUT2D eigenvalue weighted by atomic mass is 9.85. The fourth-order valence-electron chi connectivity index (χ4n) is 3.15. The molecule has 0 aliphatic carbocycles. The molecule has 0 saturated carbocycles. The minimum absolute atomic E-state index is 0.0344. The molecule has 0 N–H and O–H groups in total.